The third-order valence-electron chi connectivity index (χ3n) is 4.61. The Morgan fingerprint density at radius 1 is 1.13 bits per heavy atom. The summed E-state index contributed by atoms with van der Waals surface area (Å²) in [6, 6.07) is 6.79. The summed E-state index contributed by atoms with van der Waals surface area (Å²) in [5, 5.41) is 13.5. The maximum Gasteiger partial charge on any atom is 0.335 e. The minimum atomic E-state index is -0.889. The molecule has 1 heterocycles. The van der Waals surface area contributed by atoms with Crippen molar-refractivity contribution in [1.29, 1.82) is 0 Å². The molecule has 1 aliphatic heterocycles. The molecule has 2 aromatic rings. The van der Waals surface area contributed by atoms with Gasteiger partial charge in [0.05, 0.1) is 22.2 Å². The SMILES string of the molecule is COc1c(Br)cc(/C=C2\C(=O)NC(=O)N(c3ccc(C)c(C)c3)C2=O)cc1[N+](=O)[O-]. The highest BCUT2D eigenvalue weighted by atomic mass is 79.9. The number of imide groups is 2. The second-order valence-electron chi connectivity index (χ2n) is 6.54. The number of hydrogen-bond acceptors (Lipinski definition) is 6. The van der Waals surface area contributed by atoms with Crippen molar-refractivity contribution in [3.63, 3.8) is 0 Å². The average Bonchev–Trinajstić information content (AvgIpc) is 2.67. The fraction of sp³-hybridized carbons (Fsp3) is 0.150. The van der Waals surface area contributed by atoms with Crippen LogP contribution in [0.1, 0.15) is 16.7 Å². The molecule has 10 heteroatoms. The van der Waals surface area contributed by atoms with Gasteiger partial charge in [-0.15, -0.1) is 0 Å². The van der Waals surface area contributed by atoms with Gasteiger partial charge in [0.2, 0.25) is 5.75 Å². The standard InChI is InChI=1S/C20H16BrN3O6/c1-10-4-5-13(6-11(10)2)23-19(26)14(18(25)22-20(23)27)7-12-8-15(21)17(30-3)16(9-12)24(28)29/h4-9H,1-3H3,(H,22,25,27)/b14-7+. The number of barbiturate groups is 1. The number of benzene rings is 2. The van der Waals surface area contributed by atoms with Gasteiger partial charge in [0.15, 0.2) is 0 Å². The van der Waals surface area contributed by atoms with Crippen LogP contribution in [-0.2, 0) is 9.59 Å². The summed E-state index contributed by atoms with van der Waals surface area (Å²) in [5.41, 5.74) is 1.68. The number of ether oxygens (including phenoxy) is 1. The molecule has 0 aromatic heterocycles. The van der Waals surface area contributed by atoms with E-state index < -0.39 is 22.8 Å². The van der Waals surface area contributed by atoms with E-state index in [4.69, 9.17) is 4.74 Å². The molecule has 1 aliphatic rings. The molecule has 2 aromatic carbocycles. The van der Waals surface area contributed by atoms with Crippen LogP contribution in [0.2, 0.25) is 0 Å². The molecule has 1 fully saturated rings. The molecule has 0 unspecified atom stereocenters. The zero-order valence-electron chi connectivity index (χ0n) is 16.2. The fourth-order valence-corrected chi connectivity index (χ4v) is 3.57. The van der Waals surface area contributed by atoms with Gasteiger partial charge in [-0.2, -0.15) is 0 Å². The normalized spacial score (nSPS) is 15.4. The Hall–Kier alpha value is -3.53. The van der Waals surface area contributed by atoms with Crippen LogP contribution in [0.15, 0.2) is 40.4 Å². The summed E-state index contributed by atoms with van der Waals surface area (Å²) in [5.74, 6) is -1.71. The molecule has 4 amide bonds. The molecule has 1 saturated heterocycles. The molecule has 0 atom stereocenters. The summed E-state index contributed by atoms with van der Waals surface area (Å²) in [7, 11) is 1.29. The highest BCUT2D eigenvalue weighted by Gasteiger charge is 2.37. The molecular weight excluding hydrogens is 458 g/mol. The summed E-state index contributed by atoms with van der Waals surface area (Å²) >= 11 is 3.19. The zero-order chi connectivity index (χ0) is 22.2. The van der Waals surface area contributed by atoms with E-state index in [2.05, 4.69) is 21.2 Å². The number of carbonyl (C=O) groups excluding carboxylic acids is 3. The molecule has 0 spiro atoms. The summed E-state index contributed by atoms with van der Waals surface area (Å²) in [4.78, 5) is 49.2. The first-order chi connectivity index (χ1) is 14.1. The van der Waals surface area contributed by atoms with Crippen molar-refractivity contribution in [2.75, 3.05) is 12.0 Å². The lowest BCUT2D eigenvalue weighted by atomic mass is 10.0. The van der Waals surface area contributed by atoms with Crippen LogP contribution >= 0.6 is 15.9 Å². The van der Waals surface area contributed by atoms with Gasteiger partial charge in [-0.3, -0.25) is 25.0 Å². The summed E-state index contributed by atoms with van der Waals surface area (Å²) in [6.45, 7) is 3.72. The molecule has 0 saturated carbocycles. The largest absolute Gasteiger partial charge is 0.489 e. The van der Waals surface area contributed by atoms with E-state index in [1.165, 1.54) is 25.3 Å². The third kappa shape index (κ3) is 3.81. The van der Waals surface area contributed by atoms with Crippen molar-refractivity contribution in [2.24, 2.45) is 0 Å². The van der Waals surface area contributed by atoms with E-state index in [1.807, 2.05) is 13.8 Å². The Bertz CT molecular complexity index is 1140. The Morgan fingerprint density at radius 2 is 1.83 bits per heavy atom. The van der Waals surface area contributed by atoms with Crippen LogP contribution in [0.3, 0.4) is 0 Å². The van der Waals surface area contributed by atoms with Crippen LogP contribution < -0.4 is 15.0 Å². The maximum atomic E-state index is 13.0. The molecule has 0 aliphatic carbocycles. The van der Waals surface area contributed by atoms with Gasteiger partial charge in [-0.05, 0) is 70.7 Å². The molecule has 1 N–H and O–H groups in total. The molecule has 30 heavy (non-hydrogen) atoms. The number of methoxy groups -OCH3 is 1. The van der Waals surface area contributed by atoms with E-state index in [0.29, 0.717) is 5.69 Å². The lowest BCUT2D eigenvalue weighted by Gasteiger charge is -2.26. The van der Waals surface area contributed by atoms with E-state index in [0.717, 1.165) is 16.0 Å². The second kappa shape index (κ2) is 8.07. The minimum absolute atomic E-state index is 0.00788. The number of nitro benzene ring substituents is 1. The van der Waals surface area contributed by atoms with Crippen LogP contribution in [-0.4, -0.2) is 29.9 Å². The van der Waals surface area contributed by atoms with Gasteiger partial charge >= 0.3 is 11.7 Å². The third-order valence-corrected chi connectivity index (χ3v) is 5.20. The summed E-state index contributed by atoms with van der Waals surface area (Å²) < 4.78 is 5.30. The Labute approximate surface area is 179 Å². The Morgan fingerprint density at radius 3 is 2.43 bits per heavy atom. The van der Waals surface area contributed by atoms with Gasteiger partial charge in [0, 0.05) is 6.07 Å². The number of anilines is 1. The van der Waals surface area contributed by atoms with Crippen LogP contribution in [0.4, 0.5) is 16.2 Å². The number of nitro groups is 1. The number of nitrogens with one attached hydrogen (secondary N) is 1. The van der Waals surface area contributed by atoms with Crippen molar-refractivity contribution in [1.82, 2.24) is 5.32 Å². The number of aryl methyl sites for hydroxylation is 2. The number of carbonyl (C=O) groups is 3. The van der Waals surface area contributed by atoms with Gasteiger partial charge < -0.3 is 4.74 Å². The minimum Gasteiger partial charge on any atom is -0.489 e. The van der Waals surface area contributed by atoms with Crippen LogP contribution in [0.5, 0.6) is 5.75 Å². The number of hydrogen-bond donors (Lipinski definition) is 1. The maximum absolute atomic E-state index is 13.0. The predicted molar refractivity (Wildman–Crippen MR) is 112 cm³/mol. The molecule has 9 nitrogen and oxygen atoms in total. The van der Waals surface area contributed by atoms with Crippen molar-refractivity contribution >= 4 is 51.2 Å². The predicted octanol–water partition coefficient (Wildman–Crippen LogP) is 3.65. The van der Waals surface area contributed by atoms with Crippen molar-refractivity contribution in [3.05, 3.63) is 67.2 Å². The average molecular weight is 474 g/mol. The fourth-order valence-electron chi connectivity index (χ4n) is 2.94. The zero-order valence-corrected chi connectivity index (χ0v) is 17.8. The first-order valence-electron chi connectivity index (χ1n) is 8.64. The van der Waals surface area contributed by atoms with E-state index in [1.54, 1.807) is 18.2 Å². The number of amides is 4. The van der Waals surface area contributed by atoms with Crippen molar-refractivity contribution in [2.45, 2.75) is 13.8 Å². The number of halogens is 1. The lowest BCUT2D eigenvalue weighted by molar-refractivity contribution is -0.385. The van der Waals surface area contributed by atoms with Crippen molar-refractivity contribution in [3.8, 4) is 5.75 Å². The van der Waals surface area contributed by atoms with Gasteiger partial charge in [0.1, 0.15) is 5.57 Å². The monoisotopic (exact) mass is 473 g/mol. The topological polar surface area (TPSA) is 119 Å². The Kier molecular flexibility index (Phi) is 5.70. The molecule has 0 bridgehead atoms. The Balaban J connectivity index is 2.09. The number of nitrogens with zero attached hydrogens (tertiary/aromatic N) is 2. The molecule has 154 valence electrons. The highest BCUT2D eigenvalue weighted by Crippen LogP contribution is 2.37. The van der Waals surface area contributed by atoms with Crippen LogP contribution in [0.25, 0.3) is 6.08 Å². The first-order valence-corrected chi connectivity index (χ1v) is 9.44. The lowest BCUT2D eigenvalue weighted by Crippen LogP contribution is -2.54. The number of rotatable bonds is 4. The highest BCUT2D eigenvalue weighted by molar-refractivity contribution is 9.10. The first kappa shape index (κ1) is 21.2. The molecule has 0 radical (unpaired) electrons. The van der Waals surface area contributed by atoms with Gasteiger partial charge in [-0.25, -0.2) is 9.69 Å². The van der Waals surface area contributed by atoms with Crippen molar-refractivity contribution < 1.29 is 24.0 Å². The van der Waals surface area contributed by atoms with Gasteiger partial charge in [0.25, 0.3) is 11.8 Å². The number of urea groups is 1. The molecular formula is C20H16BrN3O6. The molecule has 3 rings (SSSR count). The second-order valence-corrected chi connectivity index (χ2v) is 7.39. The van der Waals surface area contributed by atoms with E-state index in [9.17, 15) is 24.5 Å². The van der Waals surface area contributed by atoms with E-state index >= 15 is 0 Å². The van der Waals surface area contributed by atoms with E-state index in [-0.39, 0.29) is 27.0 Å². The quantitative estimate of drug-likeness (QED) is 0.313. The summed E-state index contributed by atoms with van der Waals surface area (Å²) in [6.07, 6.45) is 1.19. The van der Waals surface area contributed by atoms with Gasteiger partial charge in [-0.1, -0.05) is 6.07 Å². The smallest absolute Gasteiger partial charge is 0.335 e. The van der Waals surface area contributed by atoms with Crippen LogP contribution in [0, 0.1) is 24.0 Å².